The maximum atomic E-state index is 13.8. The number of nitro benzene ring substituents is 1. The highest BCUT2D eigenvalue weighted by molar-refractivity contribution is 5.95. The molecule has 0 aliphatic heterocycles. The first-order chi connectivity index (χ1) is 9.23. The minimum absolute atomic E-state index is 0.144. The number of hydrogen-bond acceptors (Lipinski definition) is 3. The Hall–Kier alpha value is -2.05. The van der Waals surface area contributed by atoms with E-state index in [1.807, 2.05) is 20.8 Å². The molecule has 1 rings (SSSR count). The quantitative estimate of drug-likeness (QED) is 0.668. The molecular weight excluding hydrogens is 270 g/mol. The molecule has 0 heterocycles. The van der Waals surface area contributed by atoms with Crippen LogP contribution in [-0.4, -0.2) is 17.4 Å². The van der Waals surface area contributed by atoms with Crippen LogP contribution in [0.25, 0.3) is 0 Å². The van der Waals surface area contributed by atoms with Crippen LogP contribution in [0, 0.1) is 33.6 Å². The molecule has 0 fully saturated rings. The summed E-state index contributed by atoms with van der Waals surface area (Å²) in [6, 6.07) is 1.10. The largest absolute Gasteiger partial charge is 0.352 e. The van der Waals surface area contributed by atoms with Gasteiger partial charge in [0.05, 0.1) is 16.6 Å². The highest BCUT2D eigenvalue weighted by Gasteiger charge is 2.24. The number of amides is 1. The van der Waals surface area contributed by atoms with Crippen LogP contribution in [0.15, 0.2) is 12.1 Å². The zero-order valence-electron chi connectivity index (χ0n) is 11.4. The SMILES string of the molecule is CC(C)C(C)CNC(=O)c1cc(F)cc([N+](=O)[O-])c1F. The van der Waals surface area contributed by atoms with E-state index < -0.39 is 33.7 Å². The number of nitrogens with zero attached hydrogens (tertiary/aromatic N) is 1. The van der Waals surface area contributed by atoms with E-state index in [9.17, 15) is 23.7 Å². The van der Waals surface area contributed by atoms with E-state index >= 15 is 0 Å². The average molecular weight is 286 g/mol. The second-order valence-corrected chi connectivity index (χ2v) is 4.97. The van der Waals surface area contributed by atoms with Crippen LogP contribution in [0.1, 0.15) is 31.1 Å². The average Bonchev–Trinajstić information content (AvgIpc) is 2.37. The third-order valence-electron chi connectivity index (χ3n) is 3.18. The van der Waals surface area contributed by atoms with Gasteiger partial charge in [-0.3, -0.25) is 14.9 Å². The Morgan fingerprint density at radius 3 is 2.45 bits per heavy atom. The van der Waals surface area contributed by atoms with Crippen LogP contribution in [0.4, 0.5) is 14.5 Å². The highest BCUT2D eigenvalue weighted by atomic mass is 19.1. The molecule has 20 heavy (non-hydrogen) atoms. The van der Waals surface area contributed by atoms with Crippen molar-refractivity contribution < 1.29 is 18.5 Å². The minimum atomic E-state index is -1.33. The fourth-order valence-corrected chi connectivity index (χ4v) is 1.46. The molecule has 1 unspecified atom stereocenters. The summed E-state index contributed by atoms with van der Waals surface area (Å²) in [6.07, 6.45) is 0. The maximum absolute atomic E-state index is 13.8. The van der Waals surface area contributed by atoms with E-state index in [0.717, 1.165) is 0 Å². The van der Waals surface area contributed by atoms with E-state index in [4.69, 9.17) is 0 Å². The molecule has 0 saturated carbocycles. The number of nitrogens with one attached hydrogen (secondary N) is 1. The van der Waals surface area contributed by atoms with Crippen molar-refractivity contribution >= 4 is 11.6 Å². The molecule has 110 valence electrons. The maximum Gasteiger partial charge on any atom is 0.308 e. The van der Waals surface area contributed by atoms with Crippen molar-refractivity contribution in [1.29, 1.82) is 0 Å². The van der Waals surface area contributed by atoms with Crippen molar-refractivity contribution in [3.63, 3.8) is 0 Å². The molecule has 1 amide bonds. The summed E-state index contributed by atoms with van der Waals surface area (Å²) in [4.78, 5) is 21.3. The van der Waals surface area contributed by atoms with Gasteiger partial charge < -0.3 is 5.32 Å². The molecule has 5 nitrogen and oxygen atoms in total. The van der Waals surface area contributed by atoms with Crippen molar-refractivity contribution in [2.75, 3.05) is 6.54 Å². The number of benzene rings is 1. The normalized spacial score (nSPS) is 12.3. The van der Waals surface area contributed by atoms with Gasteiger partial charge in [0.2, 0.25) is 5.82 Å². The molecule has 1 aromatic rings. The third-order valence-corrected chi connectivity index (χ3v) is 3.18. The van der Waals surface area contributed by atoms with Crippen molar-refractivity contribution in [2.24, 2.45) is 11.8 Å². The van der Waals surface area contributed by atoms with Crippen LogP contribution in [0.3, 0.4) is 0 Å². The van der Waals surface area contributed by atoms with Crippen LogP contribution >= 0.6 is 0 Å². The lowest BCUT2D eigenvalue weighted by molar-refractivity contribution is -0.387. The van der Waals surface area contributed by atoms with Gasteiger partial charge in [-0.25, -0.2) is 4.39 Å². The molecule has 0 bridgehead atoms. The summed E-state index contributed by atoms with van der Waals surface area (Å²) in [6.45, 7) is 6.10. The molecule has 1 atom stereocenters. The van der Waals surface area contributed by atoms with Crippen molar-refractivity contribution in [1.82, 2.24) is 5.32 Å². The predicted molar refractivity (Wildman–Crippen MR) is 69.3 cm³/mol. The molecular formula is C13H16F2N2O3. The van der Waals surface area contributed by atoms with E-state index in [2.05, 4.69) is 5.32 Å². The lowest BCUT2D eigenvalue weighted by atomic mass is 9.98. The first kappa shape index (κ1) is 16.0. The van der Waals surface area contributed by atoms with E-state index in [0.29, 0.717) is 18.1 Å². The van der Waals surface area contributed by atoms with Crippen LogP contribution in [0.5, 0.6) is 0 Å². The second kappa shape index (κ2) is 6.40. The van der Waals surface area contributed by atoms with E-state index in [-0.39, 0.29) is 12.5 Å². The number of halogens is 2. The van der Waals surface area contributed by atoms with Gasteiger partial charge in [0.15, 0.2) is 0 Å². The number of hydrogen-bond donors (Lipinski definition) is 1. The molecule has 0 aliphatic carbocycles. The second-order valence-electron chi connectivity index (χ2n) is 4.97. The summed E-state index contributed by atoms with van der Waals surface area (Å²) in [5, 5.41) is 13.0. The van der Waals surface area contributed by atoms with Gasteiger partial charge in [-0.05, 0) is 17.9 Å². The van der Waals surface area contributed by atoms with Gasteiger partial charge in [-0.2, -0.15) is 4.39 Å². The third kappa shape index (κ3) is 3.72. The standard InChI is InChI=1S/C13H16F2N2O3/c1-7(2)8(3)6-16-13(18)10-4-9(14)5-11(12(10)15)17(19)20/h4-5,7-8H,6H2,1-3H3,(H,16,18). The Morgan fingerprint density at radius 1 is 1.35 bits per heavy atom. The number of rotatable bonds is 5. The predicted octanol–water partition coefficient (Wildman–Crippen LogP) is 2.89. The minimum Gasteiger partial charge on any atom is -0.352 e. The Balaban J connectivity index is 2.96. The first-order valence-electron chi connectivity index (χ1n) is 6.15. The van der Waals surface area contributed by atoms with Crippen LogP contribution < -0.4 is 5.32 Å². The van der Waals surface area contributed by atoms with Gasteiger partial charge in [0.1, 0.15) is 5.82 Å². The summed E-state index contributed by atoms with van der Waals surface area (Å²) in [7, 11) is 0. The summed E-state index contributed by atoms with van der Waals surface area (Å²) >= 11 is 0. The zero-order valence-corrected chi connectivity index (χ0v) is 11.4. The number of nitro groups is 1. The molecule has 0 saturated heterocycles. The molecule has 1 N–H and O–H groups in total. The Bertz CT molecular complexity index is 533. The van der Waals surface area contributed by atoms with Gasteiger partial charge in [0.25, 0.3) is 5.91 Å². The van der Waals surface area contributed by atoms with Gasteiger partial charge >= 0.3 is 5.69 Å². The van der Waals surface area contributed by atoms with Gasteiger partial charge in [-0.1, -0.05) is 20.8 Å². The number of carbonyl (C=O) groups excluding carboxylic acids is 1. The van der Waals surface area contributed by atoms with Crippen LogP contribution in [-0.2, 0) is 0 Å². The molecule has 0 aliphatic rings. The highest BCUT2D eigenvalue weighted by Crippen LogP contribution is 2.22. The Labute approximate surface area is 115 Å². The summed E-state index contributed by atoms with van der Waals surface area (Å²) < 4.78 is 27.0. The van der Waals surface area contributed by atoms with Crippen molar-refractivity contribution in [3.8, 4) is 0 Å². The zero-order chi connectivity index (χ0) is 15.4. The van der Waals surface area contributed by atoms with E-state index in [1.165, 1.54) is 0 Å². The smallest absolute Gasteiger partial charge is 0.308 e. The topological polar surface area (TPSA) is 72.2 Å². The molecule has 0 spiro atoms. The van der Waals surface area contributed by atoms with E-state index in [1.54, 1.807) is 0 Å². The van der Waals surface area contributed by atoms with Gasteiger partial charge in [-0.15, -0.1) is 0 Å². The molecule has 0 aromatic heterocycles. The Kier molecular flexibility index (Phi) is 5.12. The lowest BCUT2D eigenvalue weighted by Crippen LogP contribution is -2.31. The number of carbonyl (C=O) groups is 1. The summed E-state index contributed by atoms with van der Waals surface area (Å²) in [5.74, 6) is -2.77. The van der Waals surface area contributed by atoms with Crippen molar-refractivity contribution in [3.05, 3.63) is 39.4 Å². The molecule has 7 heteroatoms. The Morgan fingerprint density at radius 2 is 1.95 bits per heavy atom. The van der Waals surface area contributed by atoms with Gasteiger partial charge in [0, 0.05) is 6.54 Å². The first-order valence-corrected chi connectivity index (χ1v) is 6.15. The lowest BCUT2D eigenvalue weighted by Gasteiger charge is -2.16. The summed E-state index contributed by atoms with van der Waals surface area (Å²) in [5.41, 5.74) is -1.71. The van der Waals surface area contributed by atoms with Crippen molar-refractivity contribution in [2.45, 2.75) is 20.8 Å². The fourth-order valence-electron chi connectivity index (χ4n) is 1.46. The molecule has 0 radical (unpaired) electrons. The van der Waals surface area contributed by atoms with Crippen LogP contribution in [0.2, 0.25) is 0 Å². The molecule has 1 aromatic carbocycles. The monoisotopic (exact) mass is 286 g/mol. The fraction of sp³-hybridized carbons (Fsp3) is 0.462.